The lowest BCUT2D eigenvalue weighted by atomic mass is 9.99. The Kier molecular flexibility index (Phi) is 5.54. The highest BCUT2D eigenvalue weighted by Crippen LogP contribution is 2.17. The minimum Gasteiger partial charge on any atom is -0.305 e. The van der Waals surface area contributed by atoms with E-state index in [1.165, 1.54) is 18.4 Å². The molecule has 3 nitrogen and oxygen atoms in total. The molecule has 0 amide bonds. The molecule has 1 aromatic rings. The average molecular weight is 288 g/mol. The second kappa shape index (κ2) is 7.19. The Labute approximate surface area is 128 Å². The van der Waals surface area contributed by atoms with Crippen LogP contribution in [0.15, 0.2) is 24.3 Å². The molecule has 1 aliphatic heterocycles. The lowest BCUT2D eigenvalue weighted by Gasteiger charge is -2.35. The van der Waals surface area contributed by atoms with Gasteiger partial charge in [0, 0.05) is 18.2 Å². The molecule has 2 rings (SSSR count). The van der Waals surface area contributed by atoms with Crippen LogP contribution in [0.4, 0.5) is 0 Å². The maximum atomic E-state index is 12.4. The van der Waals surface area contributed by atoms with Crippen molar-refractivity contribution in [2.24, 2.45) is 0 Å². The standard InChI is InChI=1S/C18H28N2O/c1-14(2)15-7-9-16(10-8-15)18(21)13-20-11-5-6-17(12-20)19(3)4/h7-10,14,17H,5-6,11-13H2,1-4H3. The minimum absolute atomic E-state index is 0.240. The van der Waals surface area contributed by atoms with Crippen LogP contribution in [0.1, 0.15) is 48.5 Å². The monoisotopic (exact) mass is 288 g/mol. The maximum Gasteiger partial charge on any atom is 0.176 e. The van der Waals surface area contributed by atoms with E-state index >= 15 is 0 Å². The molecule has 1 aromatic carbocycles. The van der Waals surface area contributed by atoms with E-state index in [4.69, 9.17) is 0 Å². The number of carbonyl (C=O) groups excluding carboxylic acids is 1. The summed E-state index contributed by atoms with van der Waals surface area (Å²) in [7, 11) is 4.25. The lowest BCUT2D eigenvalue weighted by molar-refractivity contribution is 0.0852. The number of nitrogens with zero attached hydrogens (tertiary/aromatic N) is 2. The van der Waals surface area contributed by atoms with Gasteiger partial charge in [-0.25, -0.2) is 0 Å². The molecule has 1 heterocycles. The van der Waals surface area contributed by atoms with Crippen LogP contribution in [-0.2, 0) is 0 Å². The maximum absolute atomic E-state index is 12.4. The summed E-state index contributed by atoms with van der Waals surface area (Å²) >= 11 is 0. The minimum atomic E-state index is 0.240. The summed E-state index contributed by atoms with van der Waals surface area (Å²) in [5.41, 5.74) is 2.13. The van der Waals surface area contributed by atoms with Crippen molar-refractivity contribution in [1.29, 1.82) is 0 Å². The molecule has 116 valence electrons. The molecule has 3 heteroatoms. The smallest absolute Gasteiger partial charge is 0.176 e. The highest BCUT2D eigenvalue weighted by atomic mass is 16.1. The second-order valence-electron chi connectivity index (χ2n) is 6.69. The predicted octanol–water partition coefficient (Wildman–Crippen LogP) is 3.02. The lowest BCUT2D eigenvalue weighted by Crippen LogP contribution is -2.46. The zero-order valence-corrected chi connectivity index (χ0v) is 13.8. The molecular formula is C18H28N2O. The molecule has 0 radical (unpaired) electrons. The van der Waals surface area contributed by atoms with Crippen LogP contribution in [0.2, 0.25) is 0 Å². The summed E-state index contributed by atoms with van der Waals surface area (Å²) in [5.74, 6) is 0.752. The summed E-state index contributed by atoms with van der Waals surface area (Å²) < 4.78 is 0. The van der Waals surface area contributed by atoms with Gasteiger partial charge in [0.1, 0.15) is 0 Å². The highest BCUT2D eigenvalue weighted by molar-refractivity contribution is 5.97. The van der Waals surface area contributed by atoms with E-state index in [0.29, 0.717) is 18.5 Å². The Morgan fingerprint density at radius 2 is 1.95 bits per heavy atom. The third-order valence-corrected chi connectivity index (χ3v) is 4.48. The fourth-order valence-electron chi connectivity index (χ4n) is 2.94. The summed E-state index contributed by atoms with van der Waals surface area (Å²) in [6.07, 6.45) is 2.42. The molecule has 21 heavy (non-hydrogen) atoms. The highest BCUT2D eigenvalue weighted by Gasteiger charge is 2.23. The van der Waals surface area contributed by atoms with Crippen LogP contribution >= 0.6 is 0 Å². The number of carbonyl (C=O) groups is 1. The Morgan fingerprint density at radius 1 is 1.29 bits per heavy atom. The first-order valence-electron chi connectivity index (χ1n) is 7.99. The molecular weight excluding hydrogens is 260 g/mol. The summed E-state index contributed by atoms with van der Waals surface area (Å²) in [6.45, 7) is 6.94. The third-order valence-electron chi connectivity index (χ3n) is 4.48. The normalized spacial score (nSPS) is 20.2. The number of hydrogen-bond acceptors (Lipinski definition) is 3. The molecule has 1 fully saturated rings. The first-order valence-corrected chi connectivity index (χ1v) is 7.99. The van der Waals surface area contributed by atoms with E-state index in [2.05, 4.69) is 49.9 Å². The van der Waals surface area contributed by atoms with Crippen LogP contribution in [0.5, 0.6) is 0 Å². The molecule has 0 bridgehead atoms. The van der Waals surface area contributed by atoms with Gasteiger partial charge in [0.15, 0.2) is 5.78 Å². The number of ketones is 1. The largest absolute Gasteiger partial charge is 0.305 e. The van der Waals surface area contributed by atoms with Gasteiger partial charge in [0.2, 0.25) is 0 Å². The predicted molar refractivity (Wildman–Crippen MR) is 88.0 cm³/mol. The van der Waals surface area contributed by atoms with E-state index in [0.717, 1.165) is 18.7 Å². The number of benzene rings is 1. The van der Waals surface area contributed by atoms with Gasteiger partial charge in [0.25, 0.3) is 0 Å². The van der Waals surface area contributed by atoms with Gasteiger partial charge in [-0.1, -0.05) is 38.1 Å². The van der Waals surface area contributed by atoms with Crippen molar-refractivity contribution in [3.8, 4) is 0 Å². The van der Waals surface area contributed by atoms with Gasteiger partial charge in [-0.05, 0) is 45.0 Å². The van der Waals surface area contributed by atoms with Crippen LogP contribution < -0.4 is 0 Å². The van der Waals surface area contributed by atoms with Gasteiger partial charge >= 0.3 is 0 Å². The van der Waals surface area contributed by atoms with E-state index < -0.39 is 0 Å². The molecule has 0 saturated carbocycles. The van der Waals surface area contributed by atoms with Gasteiger partial charge in [-0.2, -0.15) is 0 Å². The van der Waals surface area contributed by atoms with Crippen molar-refractivity contribution < 1.29 is 4.79 Å². The number of likely N-dealkylation sites (tertiary alicyclic amines) is 1. The Bertz CT molecular complexity index is 465. The third kappa shape index (κ3) is 4.39. The van der Waals surface area contributed by atoms with E-state index in [1.807, 2.05) is 12.1 Å². The number of rotatable bonds is 5. The van der Waals surface area contributed by atoms with Gasteiger partial charge in [-0.15, -0.1) is 0 Å². The van der Waals surface area contributed by atoms with Gasteiger partial charge in [0.05, 0.1) is 6.54 Å². The number of piperidine rings is 1. The number of hydrogen-bond donors (Lipinski definition) is 0. The quantitative estimate of drug-likeness (QED) is 0.778. The van der Waals surface area contributed by atoms with E-state index in [1.54, 1.807) is 0 Å². The van der Waals surface area contributed by atoms with E-state index in [9.17, 15) is 4.79 Å². The van der Waals surface area contributed by atoms with E-state index in [-0.39, 0.29) is 5.78 Å². The molecule has 0 N–H and O–H groups in total. The first kappa shape index (κ1) is 16.2. The van der Waals surface area contributed by atoms with Crippen molar-refractivity contribution in [3.05, 3.63) is 35.4 Å². The van der Waals surface area contributed by atoms with Crippen LogP contribution in [0.25, 0.3) is 0 Å². The van der Waals surface area contributed by atoms with Crippen LogP contribution in [0, 0.1) is 0 Å². The average Bonchev–Trinajstić information content (AvgIpc) is 2.47. The van der Waals surface area contributed by atoms with Gasteiger partial charge < -0.3 is 4.90 Å². The van der Waals surface area contributed by atoms with Crippen molar-refractivity contribution in [2.75, 3.05) is 33.7 Å². The SMILES string of the molecule is CC(C)c1ccc(C(=O)CN2CCCC(N(C)C)C2)cc1. The Balaban J connectivity index is 1.94. The fourth-order valence-corrected chi connectivity index (χ4v) is 2.94. The molecule has 0 aliphatic carbocycles. The van der Waals surface area contributed by atoms with Crippen molar-refractivity contribution in [1.82, 2.24) is 9.80 Å². The topological polar surface area (TPSA) is 23.6 Å². The van der Waals surface area contributed by atoms with Crippen LogP contribution in [0.3, 0.4) is 0 Å². The molecule has 1 unspecified atom stereocenters. The molecule has 0 aromatic heterocycles. The Hall–Kier alpha value is -1.19. The Morgan fingerprint density at radius 3 is 2.52 bits per heavy atom. The zero-order valence-electron chi connectivity index (χ0n) is 13.8. The zero-order chi connectivity index (χ0) is 15.4. The number of Topliss-reactive ketones (excluding diaryl/α,β-unsaturated/α-hetero) is 1. The first-order chi connectivity index (χ1) is 9.97. The van der Waals surface area contributed by atoms with Crippen LogP contribution in [-0.4, -0.2) is 55.4 Å². The summed E-state index contributed by atoms with van der Waals surface area (Å²) in [5, 5.41) is 0. The van der Waals surface area contributed by atoms with Crippen molar-refractivity contribution in [3.63, 3.8) is 0 Å². The molecule has 1 atom stereocenters. The number of likely N-dealkylation sites (N-methyl/N-ethyl adjacent to an activating group) is 1. The van der Waals surface area contributed by atoms with Gasteiger partial charge in [-0.3, -0.25) is 9.69 Å². The molecule has 0 spiro atoms. The molecule has 1 saturated heterocycles. The van der Waals surface area contributed by atoms with Crippen molar-refractivity contribution in [2.45, 2.75) is 38.6 Å². The fraction of sp³-hybridized carbons (Fsp3) is 0.611. The second-order valence-corrected chi connectivity index (χ2v) is 6.69. The summed E-state index contributed by atoms with van der Waals surface area (Å²) in [4.78, 5) is 17.0. The van der Waals surface area contributed by atoms with Crippen molar-refractivity contribution >= 4 is 5.78 Å². The summed E-state index contributed by atoms with van der Waals surface area (Å²) in [6, 6.07) is 8.69. The molecule has 1 aliphatic rings.